The number of likely N-dealkylation sites (tertiary alicyclic amines) is 1. The molecule has 0 saturated carbocycles. The Labute approximate surface area is 103 Å². The van der Waals surface area contributed by atoms with E-state index in [2.05, 4.69) is 11.8 Å². The van der Waals surface area contributed by atoms with Crippen LogP contribution in [0.2, 0.25) is 0 Å². The van der Waals surface area contributed by atoms with E-state index in [1.165, 1.54) is 4.90 Å². The van der Waals surface area contributed by atoms with Crippen LogP contribution in [0.15, 0.2) is 0 Å². The molecule has 0 aromatic heterocycles. The van der Waals surface area contributed by atoms with Gasteiger partial charge >= 0.3 is 5.97 Å². The minimum absolute atomic E-state index is 0.157. The molecule has 0 spiro atoms. The van der Waals surface area contributed by atoms with Gasteiger partial charge in [-0.25, -0.2) is 0 Å². The molecule has 1 amide bonds. The summed E-state index contributed by atoms with van der Waals surface area (Å²) in [5.41, 5.74) is 0. The van der Waals surface area contributed by atoms with E-state index in [-0.39, 0.29) is 18.5 Å². The van der Waals surface area contributed by atoms with Gasteiger partial charge in [0, 0.05) is 14.1 Å². The van der Waals surface area contributed by atoms with Crippen molar-refractivity contribution in [1.29, 1.82) is 0 Å². The molecule has 0 atom stereocenters. The van der Waals surface area contributed by atoms with Crippen molar-refractivity contribution >= 4 is 11.9 Å². The lowest BCUT2D eigenvalue weighted by atomic mass is 9.99. The lowest BCUT2D eigenvalue weighted by molar-refractivity contribution is -0.152. The third kappa shape index (κ3) is 5.17. The maximum Gasteiger partial charge on any atom is 0.320 e. The van der Waals surface area contributed by atoms with Crippen molar-refractivity contribution in [3.05, 3.63) is 0 Å². The Hall–Kier alpha value is -1.10. The Bertz CT molecular complexity index is 271. The Morgan fingerprint density at radius 1 is 1.29 bits per heavy atom. The average Bonchev–Trinajstić information content (AvgIpc) is 2.29. The minimum Gasteiger partial charge on any atom is -0.455 e. The molecule has 1 rings (SSSR count). The van der Waals surface area contributed by atoms with Gasteiger partial charge in [-0.1, -0.05) is 6.92 Å². The number of nitrogens with zero attached hydrogens (tertiary/aromatic N) is 2. The van der Waals surface area contributed by atoms with Crippen LogP contribution in [0, 0.1) is 5.92 Å². The van der Waals surface area contributed by atoms with E-state index in [1.54, 1.807) is 14.1 Å². The Balaban J connectivity index is 2.19. The van der Waals surface area contributed by atoms with Gasteiger partial charge in [0.25, 0.3) is 5.91 Å². The predicted molar refractivity (Wildman–Crippen MR) is 64.5 cm³/mol. The number of esters is 1. The molecule has 0 aromatic carbocycles. The van der Waals surface area contributed by atoms with Crippen LogP contribution in [0.1, 0.15) is 19.8 Å². The fourth-order valence-corrected chi connectivity index (χ4v) is 1.72. The highest BCUT2D eigenvalue weighted by Crippen LogP contribution is 2.15. The van der Waals surface area contributed by atoms with E-state index in [1.807, 2.05) is 0 Å². The summed E-state index contributed by atoms with van der Waals surface area (Å²) in [5.74, 6) is 0.248. The summed E-state index contributed by atoms with van der Waals surface area (Å²) >= 11 is 0. The minimum atomic E-state index is -0.310. The fraction of sp³-hybridized carbons (Fsp3) is 0.833. The zero-order chi connectivity index (χ0) is 12.8. The Morgan fingerprint density at radius 3 is 2.41 bits per heavy atom. The largest absolute Gasteiger partial charge is 0.455 e. The molecule has 0 aromatic rings. The van der Waals surface area contributed by atoms with Crippen LogP contribution in [0.3, 0.4) is 0 Å². The third-order valence-corrected chi connectivity index (χ3v) is 3.08. The molecule has 1 fully saturated rings. The Morgan fingerprint density at radius 2 is 1.88 bits per heavy atom. The van der Waals surface area contributed by atoms with E-state index in [0.717, 1.165) is 31.8 Å². The smallest absolute Gasteiger partial charge is 0.320 e. The first-order chi connectivity index (χ1) is 7.99. The summed E-state index contributed by atoms with van der Waals surface area (Å²) < 4.78 is 4.92. The van der Waals surface area contributed by atoms with E-state index >= 15 is 0 Å². The quantitative estimate of drug-likeness (QED) is 0.667. The topological polar surface area (TPSA) is 49.9 Å². The van der Waals surface area contributed by atoms with E-state index in [9.17, 15) is 9.59 Å². The van der Waals surface area contributed by atoms with Crippen LogP contribution in [0.25, 0.3) is 0 Å². The van der Waals surface area contributed by atoms with E-state index in [0.29, 0.717) is 6.54 Å². The number of piperidine rings is 1. The second kappa shape index (κ2) is 6.59. The second-order valence-electron chi connectivity index (χ2n) is 4.91. The van der Waals surface area contributed by atoms with Crippen molar-refractivity contribution in [2.45, 2.75) is 19.8 Å². The normalized spacial score (nSPS) is 17.8. The van der Waals surface area contributed by atoms with Crippen molar-refractivity contribution in [2.24, 2.45) is 5.92 Å². The molecule has 0 aliphatic carbocycles. The van der Waals surface area contributed by atoms with Crippen LogP contribution >= 0.6 is 0 Å². The molecule has 98 valence electrons. The van der Waals surface area contributed by atoms with Crippen LogP contribution in [-0.4, -0.2) is 62.0 Å². The van der Waals surface area contributed by atoms with Crippen LogP contribution in [0.5, 0.6) is 0 Å². The molecule has 1 aliphatic heterocycles. The van der Waals surface area contributed by atoms with Gasteiger partial charge < -0.3 is 9.64 Å². The van der Waals surface area contributed by atoms with Gasteiger partial charge in [0.1, 0.15) is 0 Å². The lowest BCUT2D eigenvalue weighted by Crippen LogP contribution is -2.38. The maximum atomic E-state index is 11.5. The molecule has 1 saturated heterocycles. The highest BCUT2D eigenvalue weighted by atomic mass is 16.5. The van der Waals surface area contributed by atoms with Gasteiger partial charge in [-0.3, -0.25) is 14.5 Å². The number of amides is 1. The van der Waals surface area contributed by atoms with Crippen molar-refractivity contribution < 1.29 is 14.3 Å². The molecule has 5 nitrogen and oxygen atoms in total. The second-order valence-corrected chi connectivity index (χ2v) is 4.91. The van der Waals surface area contributed by atoms with Crippen molar-refractivity contribution in [2.75, 3.05) is 40.3 Å². The summed E-state index contributed by atoms with van der Waals surface area (Å²) in [7, 11) is 3.28. The van der Waals surface area contributed by atoms with Gasteiger partial charge in [0.05, 0.1) is 6.54 Å². The monoisotopic (exact) mass is 242 g/mol. The molecule has 0 bridgehead atoms. The SMILES string of the molecule is CC1CCN(CC(=O)OCC(=O)N(C)C)CC1. The predicted octanol–water partition coefficient (Wildman–Crippen LogP) is 0.350. The number of hydrogen-bond acceptors (Lipinski definition) is 4. The molecule has 0 unspecified atom stereocenters. The molecule has 0 radical (unpaired) electrons. The van der Waals surface area contributed by atoms with E-state index in [4.69, 9.17) is 4.74 Å². The number of rotatable bonds is 4. The van der Waals surface area contributed by atoms with Crippen molar-refractivity contribution in [1.82, 2.24) is 9.80 Å². The summed E-state index contributed by atoms with van der Waals surface area (Å²) in [6.45, 7) is 4.25. The third-order valence-electron chi connectivity index (χ3n) is 3.08. The van der Waals surface area contributed by atoms with Gasteiger partial charge in [-0.2, -0.15) is 0 Å². The number of hydrogen-bond donors (Lipinski definition) is 0. The zero-order valence-electron chi connectivity index (χ0n) is 10.9. The molecule has 17 heavy (non-hydrogen) atoms. The molecule has 5 heteroatoms. The molecular formula is C12H22N2O3. The highest BCUT2D eigenvalue weighted by Gasteiger charge is 2.19. The molecule has 0 N–H and O–H groups in total. The molecule has 1 heterocycles. The molecular weight excluding hydrogens is 220 g/mol. The van der Waals surface area contributed by atoms with Crippen molar-refractivity contribution in [3.8, 4) is 0 Å². The first-order valence-corrected chi connectivity index (χ1v) is 6.07. The first kappa shape index (κ1) is 14.0. The first-order valence-electron chi connectivity index (χ1n) is 6.07. The van der Waals surface area contributed by atoms with Crippen LogP contribution < -0.4 is 0 Å². The standard InChI is InChI=1S/C12H22N2O3/c1-10-4-6-14(7-5-10)8-12(16)17-9-11(15)13(2)3/h10H,4-9H2,1-3H3. The highest BCUT2D eigenvalue weighted by molar-refractivity contribution is 5.80. The summed E-state index contributed by atoms with van der Waals surface area (Å²) in [6, 6.07) is 0. The average molecular weight is 242 g/mol. The zero-order valence-corrected chi connectivity index (χ0v) is 10.9. The van der Waals surface area contributed by atoms with Gasteiger partial charge in [-0.15, -0.1) is 0 Å². The number of carbonyl (C=O) groups is 2. The lowest BCUT2D eigenvalue weighted by Gasteiger charge is -2.29. The number of likely N-dealkylation sites (N-methyl/N-ethyl adjacent to an activating group) is 1. The summed E-state index contributed by atoms with van der Waals surface area (Å²) in [4.78, 5) is 26.2. The van der Waals surface area contributed by atoms with Crippen LogP contribution in [0.4, 0.5) is 0 Å². The van der Waals surface area contributed by atoms with Crippen molar-refractivity contribution in [3.63, 3.8) is 0 Å². The van der Waals surface area contributed by atoms with Gasteiger partial charge in [0.15, 0.2) is 6.61 Å². The number of ether oxygens (including phenoxy) is 1. The maximum absolute atomic E-state index is 11.5. The Kier molecular flexibility index (Phi) is 5.41. The fourth-order valence-electron chi connectivity index (χ4n) is 1.72. The summed E-state index contributed by atoms with van der Waals surface area (Å²) in [6.07, 6.45) is 2.26. The number of carbonyl (C=O) groups excluding carboxylic acids is 2. The van der Waals surface area contributed by atoms with E-state index < -0.39 is 0 Å². The van der Waals surface area contributed by atoms with Crippen LogP contribution in [-0.2, 0) is 14.3 Å². The van der Waals surface area contributed by atoms with Gasteiger partial charge in [0.2, 0.25) is 0 Å². The summed E-state index contributed by atoms with van der Waals surface area (Å²) in [5, 5.41) is 0. The van der Waals surface area contributed by atoms with Gasteiger partial charge in [-0.05, 0) is 31.8 Å². The molecule has 1 aliphatic rings.